The van der Waals surface area contributed by atoms with Gasteiger partial charge in [-0.2, -0.15) is 0 Å². The Bertz CT molecular complexity index is 309. The Kier molecular flexibility index (Phi) is 7.28. The summed E-state index contributed by atoms with van der Waals surface area (Å²) in [6.45, 7) is 4.78. The number of rotatable bonds is 2. The van der Waals surface area contributed by atoms with E-state index in [1.165, 1.54) is 11.1 Å². The van der Waals surface area contributed by atoms with Crippen molar-refractivity contribution in [2.45, 2.75) is 13.8 Å². The summed E-state index contributed by atoms with van der Waals surface area (Å²) in [7, 11) is 0. The molecule has 0 aromatic carbocycles. The monoisotopic (exact) mass is 290 g/mol. The number of aromatic nitrogens is 1. The third-order valence-corrected chi connectivity index (χ3v) is 2.45. The van der Waals surface area contributed by atoms with Gasteiger partial charge in [-0.1, -0.05) is 0 Å². The van der Waals surface area contributed by atoms with Crippen LogP contribution >= 0.6 is 15.9 Å². The van der Waals surface area contributed by atoms with Crippen LogP contribution in [-0.4, -0.2) is 39.3 Å². The van der Waals surface area contributed by atoms with E-state index in [4.69, 9.17) is 10.2 Å². The lowest BCUT2D eigenvalue weighted by Crippen LogP contribution is -2.28. The summed E-state index contributed by atoms with van der Waals surface area (Å²) in [5.74, 6) is 0.174. The summed E-state index contributed by atoms with van der Waals surface area (Å²) in [6.07, 6.45) is 2.14. The summed E-state index contributed by atoms with van der Waals surface area (Å²) < 4.78 is 0.674. The summed E-state index contributed by atoms with van der Waals surface area (Å²) in [6, 6.07) is 1.68. The summed E-state index contributed by atoms with van der Waals surface area (Å²) >= 11 is 3.11. The molecule has 0 bridgehead atoms. The van der Waals surface area contributed by atoms with Crippen molar-refractivity contribution in [1.82, 2.24) is 9.88 Å². The molecule has 0 aliphatic heterocycles. The Morgan fingerprint density at radius 1 is 1.50 bits per heavy atom. The zero-order valence-corrected chi connectivity index (χ0v) is 10.8. The molecule has 1 amide bonds. The molecule has 1 heterocycles. The third kappa shape index (κ3) is 5.55. The first-order valence-electron chi connectivity index (χ1n) is 4.79. The average molecular weight is 291 g/mol. The first-order chi connectivity index (χ1) is 7.52. The normalized spacial score (nSPS) is 8.94. The van der Waals surface area contributed by atoms with E-state index in [1.807, 2.05) is 13.8 Å². The summed E-state index contributed by atoms with van der Waals surface area (Å²) in [5.41, 5.74) is 0. The number of halogens is 1. The highest BCUT2D eigenvalue weighted by atomic mass is 79.9. The SMILES string of the molecule is CCN(CC)C(=O)O.Oc1cnccc1Br. The van der Waals surface area contributed by atoms with Crippen LogP contribution in [0.5, 0.6) is 5.75 Å². The Morgan fingerprint density at radius 3 is 2.25 bits per heavy atom. The van der Waals surface area contributed by atoms with Gasteiger partial charge in [0.2, 0.25) is 0 Å². The van der Waals surface area contributed by atoms with Crippen LogP contribution in [-0.2, 0) is 0 Å². The molecule has 0 aliphatic carbocycles. The molecule has 90 valence electrons. The fourth-order valence-corrected chi connectivity index (χ4v) is 1.08. The maximum absolute atomic E-state index is 10.1. The smallest absolute Gasteiger partial charge is 0.407 e. The second-order valence-corrected chi connectivity index (χ2v) is 3.64. The molecule has 0 radical (unpaired) electrons. The number of aromatic hydroxyl groups is 1. The van der Waals surface area contributed by atoms with Gasteiger partial charge in [0.15, 0.2) is 0 Å². The van der Waals surface area contributed by atoms with E-state index in [-0.39, 0.29) is 5.75 Å². The maximum atomic E-state index is 10.1. The standard InChI is InChI=1S/C5H4BrNO.C5H11NO2/c6-4-1-2-7-3-5(4)8;1-3-6(4-2)5(7)8/h1-3,8H;3-4H2,1-2H3,(H,7,8). The highest BCUT2D eigenvalue weighted by Gasteiger charge is 2.02. The van der Waals surface area contributed by atoms with E-state index in [0.717, 1.165) is 0 Å². The van der Waals surface area contributed by atoms with E-state index < -0.39 is 6.09 Å². The van der Waals surface area contributed by atoms with Crippen LogP contribution in [0.3, 0.4) is 0 Å². The largest absolute Gasteiger partial charge is 0.505 e. The van der Waals surface area contributed by atoms with Crippen LogP contribution in [0.4, 0.5) is 4.79 Å². The zero-order valence-electron chi connectivity index (χ0n) is 9.22. The van der Waals surface area contributed by atoms with Gasteiger partial charge in [0.25, 0.3) is 0 Å². The maximum Gasteiger partial charge on any atom is 0.407 e. The number of amides is 1. The second kappa shape index (κ2) is 7.92. The molecular weight excluding hydrogens is 276 g/mol. The highest BCUT2D eigenvalue weighted by Crippen LogP contribution is 2.19. The van der Waals surface area contributed by atoms with Crippen molar-refractivity contribution in [1.29, 1.82) is 0 Å². The molecule has 0 saturated heterocycles. The number of hydrogen-bond donors (Lipinski definition) is 2. The van der Waals surface area contributed by atoms with E-state index in [0.29, 0.717) is 17.6 Å². The predicted octanol–water partition coefficient (Wildman–Crippen LogP) is 2.56. The van der Waals surface area contributed by atoms with E-state index in [9.17, 15) is 4.79 Å². The summed E-state index contributed by atoms with van der Waals surface area (Å²) in [4.78, 5) is 15.1. The van der Waals surface area contributed by atoms with Crippen LogP contribution in [0.2, 0.25) is 0 Å². The van der Waals surface area contributed by atoms with Gasteiger partial charge >= 0.3 is 6.09 Å². The quantitative estimate of drug-likeness (QED) is 0.878. The number of carboxylic acid groups (broad SMARTS) is 1. The minimum atomic E-state index is -0.838. The van der Waals surface area contributed by atoms with E-state index >= 15 is 0 Å². The van der Waals surface area contributed by atoms with Crippen LogP contribution in [0.25, 0.3) is 0 Å². The van der Waals surface area contributed by atoms with Gasteiger partial charge in [-0.05, 0) is 35.8 Å². The van der Waals surface area contributed by atoms with Gasteiger partial charge in [0.05, 0.1) is 10.7 Å². The van der Waals surface area contributed by atoms with Crippen LogP contribution in [0, 0.1) is 0 Å². The molecular formula is C10H15BrN2O3. The van der Waals surface area contributed by atoms with Gasteiger partial charge < -0.3 is 15.1 Å². The van der Waals surface area contributed by atoms with E-state index in [1.54, 1.807) is 12.3 Å². The molecule has 0 spiro atoms. The average Bonchev–Trinajstić information content (AvgIpc) is 2.25. The van der Waals surface area contributed by atoms with Gasteiger partial charge in [0.1, 0.15) is 5.75 Å². The molecule has 0 fully saturated rings. The second-order valence-electron chi connectivity index (χ2n) is 2.78. The number of nitrogens with zero attached hydrogens (tertiary/aromatic N) is 2. The highest BCUT2D eigenvalue weighted by molar-refractivity contribution is 9.10. The fourth-order valence-electron chi connectivity index (χ4n) is 0.863. The predicted molar refractivity (Wildman–Crippen MR) is 64.5 cm³/mol. The lowest BCUT2D eigenvalue weighted by Gasteiger charge is -2.12. The van der Waals surface area contributed by atoms with Gasteiger partial charge in [-0.15, -0.1) is 0 Å². The van der Waals surface area contributed by atoms with Crippen molar-refractivity contribution in [3.05, 3.63) is 22.9 Å². The molecule has 0 aliphatic rings. The van der Waals surface area contributed by atoms with Crippen molar-refractivity contribution in [3.63, 3.8) is 0 Å². The molecule has 16 heavy (non-hydrogen) atoms. The number of carbonyl (C=O) groups is 1. The van der Waals surface area contributed by atoms with Crippen LogP contribution in [0.1, 0.15) is 13.8 Å². The third-order valence-electron chi connectivity index (χ3n) is 1.78. The lowest BCUT2D eigenvalue weighted by molar-refractivity contribution is 0.150. The number of hydrogen-bond acceptors (Lipinski definition) is 3. The first kappa shape index (κ1) is 14.7. The van der Waals surface area contributed by atoms with Crippen molar-refractivity contribution in [2.24, 2.45) is 0 Å². The molecule has 0 unspecified atom stereocenters. The Labute approximate surface area is 103 Å². The molecule has 5 nitrogen and oxygen atoms in total. The van der Waals surface area contributed by atoms with Crippen molar-refractivity contribution >= 4 is 22.0 Å². The molecule has 0 atom stereocenters. The van der Waals surface area contributed by atoms with E-state index in [2.05, 4.69) is 20.9 Å². The van der Waals surface area contributed by atoms with Gasteiger partial charge in [-0.25, -0.2) is 4.79 Å². The Morgan fingerprint density at radius 2 is 2.06 bits per heavy atom. The Balaban J connectivity index is 0.000000281. The zero-order chi connectivity index (χ0) is 12.6. The molecule has 1 rings (SSSR count). The number of pyridine rings is 1. The van der Waals surface area contributed by atoms with Crippen LogP contribution < -0.4 is 0 Å². The van der Waals surface area contributed by atoms with Crippen molar-refractivity contribution < 1.29 is 15.0 Å². The van der Waals surface area contributed by atoms with Gasteiger partial charge in [-0.3, -0.25) is 4.98 Å². The van der Waals surface area contributed by atoms with Crippen LogP contribution in [0.15, 0.2) is 22.9 Å². The lowest BCUT2D eigenvalue weighted by atomic mass is 10.5. The molecule has 2 N–H and O–H groups in total. The van der Waals surface area contributed by atoms with Gasteiger partial charge in [0, 0.05) is 19.3 Å². The topological polar surface area (TPSA) is 73.7 Å². The fraction of sp³-hybridized carbons (Fsp3) is 0.400. The molecule has 6 heteroatoms. The molecule has 1 aromatic rings. The minimum Gasteiger partial charge on any atom is -0.505 e. The molecule has 1 aromatic heterocycles. The molecule has 0 saturated carbocycles. The van der Waals surface area contributed by atoms with Crippen molar-refractivity contribution in [2.75, 3.05) is 13.1 Å². The van der Waals surface area contributed by atoms with Crippen molar-refractivity contribution in [3.8, 4) is 5.75 Å². The summed E-state index contributed by atoms with van der Waals surface area (Å²) in [5, 5.41) is 17.1. The first-order valence-corrected chi connectivity index (χ1v) is 5.58. The minimum absolute atomic E-state index is 0.174. The Hall–Kier alpha value is -1.30.